The third-order valence-electron chi connectivity index (χ3n) is 3.48. The molecule has 2 rings (SSSR count). The summed E-state index contributed by atoms with van der Waals surface area (Å²) >= 11 is 0. The van der Waals surface area contributed by atoms with Crippen LogP contribution in [0.15, 0.2) is 18.2 Å². The topological polar surface area (TPSA) is 72.6 Å². The number of benzene rings is 1. The zero-order valence-corrected chi connectivity index (χ0v) is 11.7. The number of carbonyl (C=O) groups excluding carboxylic acids is 2. The van der Waals surface area contributed by atoms with E-state index in [1.807, 2.05) is 18.2 Å². The van der Waals surface area contributed by atoms with Gasteiger partial charge in [-0.05, 0) is 37.1 Å². The molecule has 5 heteroatoms. The van der Waals surface area contributed by atoms with Crippen LogP contribution in [0.25, 0.3) is 0 Å². The Bertz CT molecular complexity index is 508. The highest BCUT2D eigenvalue weighted by Crippen LogP contribution is 2.24. The molecular formula is C15H20N2O3. The van der Waals surface area contributed by atoms with E-state index in [1.165, 1.54) is 0 Å². The molecule has 1 aliphatic heterocycles. The first kappa shape index (κ1) is 14.5. The number of Topliss-reactive ketones (excluding diaryl/α,β-unsaturated/α-hetero) is 1. The summed E-state index contributed by atoms with van der Waals surface area (Å²) in [6.45, 7) is 4.58. The number of aryl methyl sites for hydroxylation is 1. The zero-order valence-electron chi connectivity index (χ0n) is 11.7. The van der Waals surface area contributed by atoms with Crippen molar-refractivity contribution in [3.8, 4) is 0 Å². The van der Waals surface area contributed by atoms with E-state index in [0.29, 0.717) is 31.6 Å². The van der Waals surface area contributed by atoms with E-state index in [4.69, 9.17) is 10.5 Å². The minimum absolute atomic E-state index is 0.0267. The number of anilines is 1. The second kappa shape index (κ2) is 6.52. The molecule has 108 valence electrons. The van der Waals surface area contributed by atoms with Gasteiger partial charge in [-0.25, -0.2) is 0 Å². The van der Waals surface area contributed by atoms with E-state index in [1.54, 1.807) is 6.92 Å². The fourth-order valence-corrected chi connectivity index (χ4v) is 2.38. The maximum absolute atomic E-state index is 11.5. The highest BCUT2D eigenvalue weighted by molar-refractivity contribution is 5.94. The van der Waals surface area contributed by atoms with Crippen LogP contribution in [-0.2, 0) is 16.0 Å². The Kier molecular flexibility index (Phi) is 4.74. The molecule has 0 radical (unpaired) electrons. The summed E-state index contributed by atoms with van der Waals surface area (Å²) in [5.74, 6) is -0.301. The van der Waals surface area contributed by atoms with Crippen molar-refractivity contribution in [2.24, 2.45) is 5.73 Å². The fraction of sp³-hybridized carbons (Fsp3) is 0.467. The number of ketones is 1. The van der Waals surface area contributed by atoms with Gasteiger partial charge in [-0.15, -0.1) is 0 Å². The Hall–Kier alpha value is -1.88. The van der Waals surface area contributed by atoms with Gasteiger partial charge in [-0.3, -0.25) is 9.59 Å². The lowest BCUT2D eigenvalue weighted by Crippen LogP contribution is -2.36. The van der Waals surface area contributed by atoms with Crippen molar-refractivity contribution in [2.45, 2.75) is 19.8 Å². The molecule has 0 saturated carbocycles. The van der Waals surface area contributed by atoms with Crippen LogP contribution in [0.1, 0.15) is 29.3 Å². The normalized spacial score (nSPS) is 15.2. The minimum atomic E-state index is -0.328. The highest BCUT2D eigenvalue weighted by Gasteiger charge is 2.16. The van der Waals surface area contributed by atoms with Gasteiger partial charge in [0, 0.05) is 30.8 Å². The molecule has 0 aromatic heterocycles. The van der Waals surface area contributed by atoms with Crippen molar-refractivity contribution in [3.63, 3.8) is 0 Å². The number of nitrogens with zero attached hydrogens (tertiary/aromatic N) is 1. The summed E-state index contributed by atoms with van der Waals surface area (Å²) in [7, 11) is 0. The van der Waals surface area contributed by atoms with Gasteiger partial charge in [0.25, 0.3) is 0 Å². The third-order valence-corrected chi connectivity index (χ3v) is 3.48. The second-order valence-electron chi connectivity index (χ2n) is 4.97. The van der Waals surface area contributed by atoms with Gasteiger partial charge in [0.1, 0.15) is 0 Å². The lowest BCUT2D eigenvalue weighted by Gasteiger charge is -2.30. The van der Waals surface area contributed by atoms with Crippen molar-refractivity contribution >= 4 is 17.4 Å². The molecule has 0 bridgehead atoms. The van der Waals surface area contributed by atoms with Gasteiger partial charge in [0.05, 0.1) is 13.2 Å². The number of rotatable bonds is 5. The molecular weight excluding hydrogens is 256 g/mol. The number of hydrogen-bond donors (Lipinski definition) is 1. The second-order valence-corrected chi connectivity index (χ2v) is 4.97. The SMILES string of the molecule is CC(=O)c1ccc(N2CCOCC2)c(CCC(N)=O)c1. The standard InChI is InChI=1S/C15H20N2O3/c1-11(18)12-2-4-14(17-6-8-20-9-7-17)13(10-12)3-5-15(16)19/h2,4,10H,3,5-9H2,1H3,(H2,16,19). The van der Waals surface area contributed by atoms with Crippen molar-refractivity contribution in [2.75, 3.05) is 31.2 Å². The van der Waals surface area contributed by atoms with Crippen molar-refractivity contribution in [1.82, 2.24) is 0 Å². The van der Waals surface area contributed by atoms with Gasteiger partial charge >= 0.3 is 0 Å². The number of nitrogens with two attached hydrogens (primary N) is 1. The number of morpholine rings is 1. The third kappa shape index (κ3) is 3.57. The zero-order chi connectivity index (χ0) is 14.5. The van der Waals surface area contributed by atoms with Gasteiger partial charge < -0.3 is 15.4 Å². The lowest BCUT2D eigenvalue weighted by atomic mass is 10.0. The molecule has 0 unspecified atom stereocenters. The molecule has 1 aromatic carbocycles. The molecule has 1 fully saturated rings. The Morgan fingerprint density at radius 1 is 1.30 bits per heavy atom. The average molecular weight is 276 g/mol. The number of primary amides is 1. The molecule has 1 amide bonds. The molecule has 1 aliphatic rings. The summed E-state index contributed by atoms with van der Waals surface area (Å²) in [6, 6.07) is 5.66. The number of ether oxygens (including phenoxy) is 1. The summed E-state index contributed by atoms with van der Waals surface area (Å²) in [5, 5.41) is 0. The molecule has 1 heterocycles. The monoisotopic (exact) mass is 276 g/mol. The van der Waals surface area contributed by atoms with E-state index >= 15 is 0 Å². The predicted octanol–water partition coefficient (Wildman–Crippen LogP) is 1.14. The first-order chi connectivity index (χ1) is 9.58. The van der Waals surface area contributed by atoms with E-state index < -0.39 is 0 Å². The maximum atomic E-state index is 11.5. The Morgan fingerprint density at radius 3 is 2.60 bits per heavy atom. The van der Waals surface area contributed by atoms with Gasteiger partial charge in [-0.1, -0.05) is 0 Å². The van der Waals surface area contributed by atoms with Gasteiger partial charge in [0.2, 0.25) is 5.91 Å². The van der Waals surface area contributed by atoms with Gasteiger partial charge in [-0.2, -0.15) is 0 Å². The fourth-order valence-electron chi connectivity index (χ4n) is 2.38. The maximum Gasteiger partial charge on any atom is 0.217 e. The van der Waals surface area contributed by atoms with Crippen LogP contribution in [0.3, 0.4) is 0 Å². The van der Waals surface area contributed by atoms with Crippen molar-refractivity contribution in [3.05, 3.63) is 29.3 Å². The molecule has 0 atom stereocenters. The summed E-state index contributed by atoms with van der Waals surface area (Å²) in [4.78, 5) is 24.7. The largest absolute Gasteiger partial charge is 0.378 e. The average Bonchev–Trinajstić information content (AvgIpc) is 2.45. The molecule has 2 N–H and O–H groups in total. The van der Waals surface area contributed by atoms with Crippen LogP contribution < -0.4 is 10.6 Å². The first-order valence-corrected chi connectivity index (χ1v) is 6.83. The number of hydrogen-bond acceptors (Lipinski definition) is 4. The van der Waals surface area contributed by atoms with Crippen LogP contribution in [0.2, 0.25) is 0 Å². The van der Waals surface area contributed by atoms with E-state index in [-0.39, 0.29) is 11.7 Å². The minimum Gasteiger partial charge on any atom is -0.378 e. The molecule has 0 spiro atoms. The summed E-state index contributed by atoms with van der Waals surface area (Å²) in [5.41, 5.74) is 7.96. The lowest BCUT2D eigenvalue weighted by molar-refractivity contribution is -0.117. The quantitative estimate of drug-likeness (QED) is 0.819. The van der Waals surface area contributed by atoms with Crippen LogP contribution in [0.5, 0.6) is 0 Å². The Labute approximate surface area is 118 Å². The molecule has 20 heavy (non-hydrogen) atoms. The van der Waals surface area contributed by atoms with Crippen LogP contribution in [0.4, 0.5) is 5.69 Å². The summed E-state index contributed by atoms with van der Waals surface area (Å²) < 4.78 is 5.35. The van der Waals surface area contributed by atoms with Crippen molar-refractivity contribution in [1.29, 1.82) is 0 Å². The van der Waals surface area contributed by atoms with Crippen molar-refractivity contribution < 1.29 is 14.3 Å². The number of amides is 1. The van der Waals surface area contributed by atoms with Crippen LogP contribution >= 0.6 is 0 Å². The molecule has 1 aromatic rings. The van der Waals surface area contributed by atoms with E-state index in [2.05, 4.69) is 4.90 Å². The Balaban J connectivity index is 2.27. The summed E-state index contributed by atoms with van der Waals surface area (Å²) in [6.07, 6.45) is 0.849. The molecule has 0 aliphatic carbocycles. The van der Waals surface area contributed by atoms with Crippen LogP contribution in [0, 0.1) is 0 Å². The van der Waals surface area contributed by atoms with Gasteiger partial charge in [0.15, 0.2) is 5.78 Å². The number of carbonyl (C=O) groups is 2. The van der Waals surface area contributed by atoms with Crippen LogP contribution in [-0.4, -0.2) is 38.0 Å². The highest BCUT2D eigenvalue weighted by atomic mass is 16.5. The molecule has 1 saturated heterocycles. The smallest absolute Gasteiger partial charge is 0.217 e. The predicted molar refractivity (Wildman–Crippen MR) is 77.0 cm³/mol. The molecule has 5 nitrogen and oxygen atoms in total. The Morgan fingerprint density at radius 2 is 2.00 bits per heavy atom. The first-order valence-electron chi connectivity index (χ1n) is 6.83. The van der Waals surface area contributed by atoms with E-state index in [9.17, 15) is 9.59 Å². The van der Waals surface area contributed by atoms with E-state index in [0.717, 1.165) is 24.3 Å².